The van der Waals surface area contributed by atoms with E-state index in [-0.39, 0.29) is 22.5 Å². The molecule has 0 radical (unpaired) electrons. The molecule has 1 saturated heterocycles. The molecule has 1 aliphatic rings. The molecular formula is C17H24ClF3N2. The Labute approximate surface area is 141 Å². The molecule has 6 heteroatoms. The van der Waals surface area contributed by atoms with E-state index in [0.717, 1.165) is 45.1 Å². The SMILES string of the molecule is CCCC(C)[C@H](c1c(Cl)cccc1C(F)(F)F)N1CCNCC1. The number of rotatable bonds is 5. The van der Waals surface area contributed by atoms with Crippen molar-refractivity contribution in [2.45, 2.75) is 38.9 Å². The number of nitrogens with one attached hydrogen (secondary N) is 1. The number of hydrogen-bond donors (Lipinski definition) is 1. The zero-order valence-electron chi connectivity index (χ0n) is 13.6. The Bertz CT molecular complexity index is 513. The maximum atomic E-state index is 13.5. The molecule has 1 fully saturated rings. The molecule has 1 N–H and O–H groups in total. The van der Waals surface area contributed by atoms with Gasteiger partial charge in [-0.1, -0.05) is 37.9 Å². The molecule has 0 aliphatic carbocycles. The van der Waals surface area contributed by atoms with Crippen LogP contribution in [0.25, 0.3) is 0 Å². The lowest BCUT2D eigenvalue weighted by Crippen LogP contribution is -2.47. The summed E-state index contributed by atoms with van der Waals surface area (Å²) in [7, 11) is 0. The van der Waals surface area contributed by atoms with Gasteiger partial charge in [0.15, 0.2) is 0 Å². The molecule has 2 rings (SSSR count). The van der Waals surface area contributed by atoms with Crippen LogP contribution in [0.15, 0.2) is 18.2 Å². The van der Waals surface area contributed by atoms with Crippen LogP contribution in [0.5, 0.6) is 0 Å². The quantitative estimate of drug-likeness (QED) is 0.826. The lowest BCUT2D eigenvalue weighted by atomic mass is 9.86. The van der Waals surface area contributed by atoms with Crippen LogP contribution in [0.1, 0.15) is 43.9 Å². The summed E-state index contributed by atoms with van der Waals surface area (Å²) in [6.45, 7) is 7.15. The van der Waals surface area contributed by atoms with Gasteiger partial charge in [0, 0.05) is 42.8 Å². The van der Waals surface area contributed by atoms with Crippen LogP contribution in [-0.4, -0.2) is 31.1 Å². The third-order valence-electron chi connectivity index (χ3n) is 4.48. The zero-order valence-corrected chi connectivity index (χ0v) is 14.3. The third kappa shape index (κ3) is 4.40. The topological polar surface area (TPSA) is 15.3 Å². The number of alkyl halides is 3. The predicted molar refractivity (Wildman–Crippen MR) is 87.7 cm³/mol. The van der Waals surface area contributed by atoms with E-state index >= 15 is 0 Å². The van der Waals surface area contributed by atoms with Gasteiger partial charge >= 0.3 is 6.18 Å². The third-order valence-corrected chi connectivity index (χ3v) is 4.81. The van der Waals surface area contributed by atoms with Crippen molar-refractivity contribution in [2.24, 2.45) is 5.92 Å². The first kappa shape index (κ1) is 18.6. The van der Waals surface area contributed by atoms with Gasteiger partial charge in [0.1, 0.15) is 0 Å². The van der Waals surface area contributed by atoms with E-state index in [4.69, 9.17) is 11.6 Å². The molecule has 0 spiro atoms. The van der Waals surface area contributed by atoms with Crippen molar-refractivity contribution in [2.75, 3.05) is 26.2 Å². The highest BCUT2D eigenvalue weighted by Gasteiger charge is 2.39. The summed E-state index contributed by atoms with van der Waals surface area (Å²) in [5.41, 5.74) is -0.360. The Morgan fingerprint density at radius 1 is 1.26 bits per heavy atom. The van der Waals surface area contributed by atoms with Crippen molar-refractivity contribution in [3.63, 3.8) is 0 Å². The molecular weight excluding hydrogens is 325 g/mol. The van der Waals surface area contributed by atoms with Crippen molar-refractivity contribution in [3.8, 4) is 0 Å². The number of hydrogen-bond acceptors (Lipinski definition) is 2. The number of halogens is 4. The highest BCUT2D eigenvalue weighted by atomic mass is 35.5. The van der Waals surface area contributed by atoms with E-state index in [1.807, 2.05) is 6.92 Å². The summed E-state index contributed by atoms with van der Waals surface area (Å²) < 4.78 is 40.5. The molecule has 0 saturated carbocycles. The van der Waals surface area contributed by atoms with Crippen LogP contribution in [-0.2, 0) is 6.18 Å². The normalized spacial score (nSPS) is 19.6. The summed E-state index contributed by atoms with van der Waals surface area (Å²) in [5, 5.41) is 3.47. The summed E-state index contributed by atoms with van der Waals surface area (Å²) in [5.74, 6) is 0.110. The van der Waals surface area contributed by atoms with Crippen molar-refractivity contribution < 1.29 is 13.2 Å². The molecule has 1 heterocycles. The molecule has 1 unspecified atom stereocenters. The summed E-state index contributed by atoms with van der Waals surface area (Å²) >= 11 is 6.25. The van der Waals surface area contributed by atoms with Gasteiger partial charge in [-0.3, -0.25) is 4.90 Å². The van der Waals surface area contributed by atoms with E-state index in [1.54, 1.807) is 6.07 Å². The van der Waals surface area contributed by atoms with Gasteiger partial charge in [0.2, 0.25) is 0 Å². The Morgan fingerprint density at radius 3 is 2.48 bits per heavy atom. The van der Waals surface area contributed by atoms with Gasteiger partial charge in [-0.15, -0.1) is 0 Å². The Hall–Kier alpha value is -0.780. The number of piperazine rings is 1. The fourth-order valence-corrected chi connectivity index (χ4v) is 3.77. The largest absolute Gasteiger partial charge is 0.416 e. The minimum absolute atomic E-state index is 0.110. The van der Waals surface area contributed by atoms with Crippen LogP contribution in [0.2, 0.25) is 5.02 Å². The standard InChI is InChI=1S/C17H24ClF3N2/c1-3-5-12(2)16(23-10-8-22-9-11-23)15-13(17(19,20)21)6-4-7-14(15)18/h4,6-7,12,16,22H,3,5,8-11H2,1-2H3/t12?,16-/m1/s1. The molecule has 0 aromatic heterocycles. The Morgan fingerprint density at radius 2 is 1.91 bits per heavy atom. The van der Waals surface area contributed by atoms with E-state index in [0.29, 0.717) is 0 Å². The molecule has 130 valence electrons. The van der Waals surface area contributed by atoms with E-state index in [1.165, 1.54) is 6.07 Å². The maximum Gasteiger partial charge on any atom is 0.416 e. The minimum Gasteiger partial charge on any atom is -0.314 e. The molecule has 1 aliphatic heterocycles. The van der Waals surface area contributed by atoms with Crippen molar-refractivity contribution in [1.29, 1.82) is 0 Å². The van der Waals surface area contributed by atoms with Crippen molar-refractivity contribution in [1.82, 2.24) is 10.2 Å². The first-order chi connectivity index (χ1) is 10.9. The summed E-state index contributed by atoms with van der Waals surface area (Å²) in [6, 6.07) is 3.80. The first-order valence-electron chi connectivity index (χ1n) is 8.16. The molecule has 2 nitrogen and oxygen atoms in total. The second-order valence-electron chi connectivity index (χ2n) is 6.20. The molecule has 1 aromatic carbocycles. The zero-order chi connectivity index (χ0) is 17.0. The predicted octanol–water partition coefficient (Wildman–Crippen LogP) is 4.74. The molecule has 0 amide bonds. The van der Waals surface area contributed by atoms with Crippen molar-refractivity contribution in [3.05, 3.63) is 34.3 Å². The van der Waals surface area contributed by atoms with Crippen LogP contribution in [0, 0.1) is 5.92 Å². The van der Waals surface area contributed by atoms with Gasteiger partial charge in [-0.25, -0.2) is 0 Å². The van der Waals surface area contributed by atoms with Crippen molar-refractivity contribution >= 4 is 11.6 Å². The van der Waals surface area contributed by atoms with E-state index in [2.05, 4.69) is 17.1 Å². The monoisotopic (exact) mass is 348 g/mol. The average molecular weight is 349 g/mol. The van der Waals surface area contributed by atoms with Crippen LogP contribution in [0.3, 0.4) is 0 Å². The average Bonchev–Trinajstić information content (AvgIpc) is 2.49. The first-order valence-corrected chi connectivity index (χ1v) is 8.54. The van der Waals surface area contributed by atoms with Crippen LogP contribution in [0.4, 0.5) is 13.2 Å². The molecule has 2 atom stereocenters. The van der Waals surface area contributed by atoms with Gasteiger partial charge in [-0.05, 0) is 24.5 Å². The Kier molecular flexibility index (Phi) is 6.34. The fourth-order valence-electron chi connectivity index (χ4n) is 3.49. The summed E-state index contributed by atoms with van der Waals surface area (Å²) in [4.78, 5) is 2.15. The summed E-state index contributed by atoms with van der Waals surface area (Å²) in [6.07, 6.45) is -2.58. The fraction of sp³-hybridized carbons (Fsp3) is 0.647. The van der Waals surface area contributed by atoms with E-state index < -0.39 is 11.7 Å². The molecule has 23 heavy (non-hydrogen) atoms. The molecule has 1 aromatic rings. The Balaban J connectivity index is 2.50. The number of nitrogens with zero attached hydrogens (tertiary/aromatic N) is 1. The lowest BCUT2D eigenvalue weighted by molar-refractivity contribution is -0.139. The smallest absolute Gasteiger partial charge is 0.314 e. The second kappa shape index (κ2) is 7.86. The van der Waals surface area contributed by atoms with Gasteiger partial charge in [0.05, 0.1) is 5.56 Å². The second-order valence-corrected chi connectivity index (χ2v) is 6.60. The minimum atomic E-state index is -4.39. The van der Waals surface area contributed by atoms with Crippen LogP contribution < -0.4 is 5.32 Å². The highest BCUT2D eigenvalue weighted by molar-refractivity contribution is 6.31. The molecule has 0 bridgehead atoms. The van der Waals surface area contributed by atoms with Gasteiger partial charge in [-0.2, -0.15) is 13.2 Å². The van der Waals surface area contributed by atoms with Gasteiger partial charge < -0.3 is 5.32 Å². The number of benzene rings is 1. The van der Waals surface area contributed by atoms with Gasteiger partial charge in [0.25, 0.3) is 0 Å². The lowest BCUT2D eigenvalue weighted by Gasteiger charge is -2.40. The highest BCUT2D eigenvalue weighted by Crippen LogP contribution is 2.43. The van der Waals surface area contributed by atoms with E-state index in [9.17, 15) is 13.2 Å². The van der Waals surface area contributed by atoms with Crippen LogP contribution >= 0.6 is 11.6 Å². The maximum absolute atomic E-state index is 13.5.